The maximum atomic E-state index is 8.54. The van der Waals surface area contributed by atoms with Gasteiger partial charge in [-0.2, -0.15) is 0 Å². The van der Waals surface area contributed by atoms with Crippen molar-refractivity contribution in [1.82, 2.24) is 0 Å². The number of anilines is 3. The van der Waals surface area contributed by atoms with Crippen molar-refractivity contribution >= 4 is 49.8 Å². The van der Waals surface area contributed by atoms with Gasteiger partial charge in [0.2, 0.25) is 0 Å². The molecule has 0 N–H and O–H groups in total. The fourth-order valence-corrected chi connectivity index (χ4v) is 6.67. The molecule has 2 nitrogen and oxygen atoms in total. The molecule has 226 valence electrons. The van der Waals surface area contributed by atoms with Crippen molar-refractivity contribution in [1.29, 1.82) is 0 Å². The second-order valence-electron chi connectivity index (χ2n) is 11.8. The Morgan fingerprint density at radius 3 is 1.75 bits per heavy atom. The van der Waals surface area contributed by atoms with E-state index in [9.17, 15) is 0 Å². The summed E-state index contributed by atoms with van der Waals surface area (Å²) in [4.78, 5) is 2.21. The molecular weight excluding hydrogens is 583 g/mol. The summed E-state index contributed by atoms with van der Waals surface area (Å²) in [5.74, 6) is 0. The van der Waals surface area contributed by atoms with Crippen LogP contribution in [0.15, 0.2) is 192 Å². The Bertz CT molecular complexity index is 2800. The van der Waals surface area contributed by atoms with Crippen LogP contribution in [0.25, 0.3) is 66.1 Å². The van der Waals surface area contributed by atoms with Crippen LogP contribution in [0.4, 0.5) is 17.1 Å². The molecule has 9 rings (SSSR count). The summed E-state index contributed by atoms with van der Waals surface area (Å²) in [6.45, 7) is 0. The molecule has 0 spiro atoms. The van der Waals surface area contributed by atoms with Crippen LogP contribution >= 0.6 is 0 Å². The molecule has 0 atom stereocenters. The Labute approximate surface area is 286 Å². The first kappa shape index (κ1) is 23.0. The van der Waals surface area contributed by atoms with Crippen molar-refractivity contribution in [2.45, 2.75) is 0 Å². The van der Waals surface area contributed by atoms with Crippen molar-refractivity contribution in [2.24, 2.45) is 0 Å². The summed E-state index contributed by atoms with van der Waals surface area (Å²) in [6, 6.07) is 52.0. The molecule has 8 aromatic carbocycles. The standard InChI is InChI=1S/C46H31NO/c1-3-11-32(12-4-1)34-21-26-37(27-22-34)47(38-28-23-35(24-29-38)33-13-5-2-6-14-33)44-19-10-17-40-39(16-9-18-41(40)44)36-25-30-46-43(31-36)42-15-7-8-20-45(42)48-46/h1-31H/i1D,3D,4D,11D,12D. The number of hydrogen-bond donors (Lipinski definition) is 0. The number of nitrogens with zero attached hydrogens (tertiary/aromatic N) is 1. The molecule has 0 aliphatic rings. The molecule has 0 aliphatic carbocycles. The predicted molar refractivity (Wildman–Crippen MR) is 202 cm³/mol. The van der Waals surface area contributed by atoms with Crippen LogP contribution in [-0.4, -0.2) is 0 Å². The molecule has 48 heavy (non-hydrogen) atoms. The number of para-hydroxylation sites is 1. The fraction of sp³-hybridized carbons (Fsp3) is 0. The van der Waals surface area contributed by atoms with Gasteiger partial charge in [-0.1, -0.05) is 139 Å². The third-order valence-corrected chi connectivity index (χ3v) is 8.97. The highest BCUT2D eigenvalue weighted by molar-refractivity contribution is 6.09. The highest BCUT2D eigenvalue weighted by atomic mass is 16.3. The smallest absolute Gasteiger partial charge is 0.135 e. The van der Waals surface area contributed by atoms with E-state index in [-0.39, 0.29) is 29.7 Å². The van der Waals surface area contributed by atoms with E-state index >= 15 is 0 Å². The lowest BCUT2D eigenvalue weighted by Gasteiger charge is -2.27. The normalized spacial score (nSPS) is 12.8. The first-order valence-electron chi connectivity index (χ1n) is 18.4. The van der Waals surface area contributed by atoms with E-state index in [1.807, 2.05) is 66.7 Å². The van der Waals surface area contributed by atoms with Gasteiger partial charge in [0.05, 0.1) is 12.5 Å². The minimum absolute atomic E-state index is 0.179. The van der Waals surface area contributed by atoms with E-state index in [1.165, 1.54) is 0 Å². The van der Waals surface area contributed by atoms with Gasteiger partial charge in [0.25, 0.3) is 0 Å². The van der Waals surface area contributed by atoms with Gasteiger partial charge in [0, 0.05) is 27.5 Å². The molecule has 0 saturated carbocycles. The van der Waals surface area contributed by atoms with Gasteiger partial charge in [0.1, 0.15) is 11.2 Å². The zero-order valence-corrected chi connectivity index (χ0v) is 25.9. The highest BCUT2D eigenvalue weighted by Crippen LogP contribution is 2.43. The maximum absolute atomic E-state index is 8.54. The molecule has 0 aliphatic heterocycles. The van der Waals surface area contributed by atoms with Crippen LogP contribution in [0.3, 0.4) is 0 Å². The molecule has 0 amide bonds. The Morgan fingerprint density at radius 2 is 0.979 bits per heavy atom. The average molecular weight is 619 g/mol. The molecule has 1 heterocycles. The van der Waals surface area contributed by atoms with Gasteiger partial charge in [-0.25, -0.2) is 0 Å². The van der Waals surface area contributed by atoms with Crippen LogP contribution in [0.2, 0.25) is 0 Å². The third kappa shape index (κ3) is 4.92. The minimum Gasteiger partial charge on any atom is -0.456 e. The topological polar surface area (TPSA) is 16.4 Å². The molecule has 1 aromatic heterocycles. The second kappa shape index (κ2) is 11.8. The summed E-state index contributed by atoms with van der Waals surface area (Å²) in [7, 11) is 0. The molecule has 0 saturated heterocycles. The molecule has 0 unspecified atom stereocenters. The summed E-state index contributed by atoms with van der Waals surface area (Å²) >= 11 is 0. The summed E-state index contributed by atoms with van der Waals surface area (Å²) in [5.41, 5.74) is 9.66. The fourth-order valence-electron chi connectivity index (χ4n) is 6.67. The van der Waals surface area contributed by atoms with E-state index in [0.29, 0.717) is 5.56 Å². The van der Waals surface area contributed by atoms with Crippen molar-refractivity contribution in [2.75, 3.05) is 4.90 Å². The number of rotatable bonds is 6. The molecular formula is C46H31NO. The highest BCUT2D eigenvalue weighted by Gasteiger charge is 2.18. The average Bonchev–Trinajstić information content (AvgIpc) is 3.58. The van der Waals surface area contributed by atoms with Crippen molar-refractivity contribution < 1.29 is 11.3 Å². The number of furan rings is 1. The number of fused-ring (bicyclic) bond motifs is 4. The Balaban J connectivity index is 1.20. The monoisotopic (exact) mass is 618 g/mol. The first-order valence-corrected chi connectivity index (χ1v) is 15.9. The van der Waals surface area contributed by atoms with Gasteiger partial charge >= 0.3 is 0 Å². The van der Waals surface area contributed by atoms with Gasteiger partial charge in [-0.05, 0) is 87.3 Å². The SMILES string of the molecule is [2H]c1c([2H])c([2H])c(-c2ccc(N(c3ccc(-c4ccccc4)cc3)c3cccc4c(-c5ccc6oc7ccccc7c6c5)cccc34)cc2)c([2H])c1[2H]. The molecule has 2 heteroatoms. The molecule has 0 fully saturated rings. The van der Waals surface area contributed by atoms with Gasteiger partial charge in [0.15, 0.2) is 0 Å². The maximum Gasteiger partial charge on any atom is 0.135 e. The summed E-state index contributed by atoms with van der Waals surface area (Å²) in [6.07, 6.45) is 0. The molecule has 0 radical (unpaired) electrons. The van der Waals surface area contributed by atoms with E-state index in [2.05, 4.69) is 95.9 Å². The lowest BCUT2D eigenvalue weighted by molar-refractivity contribution is 0.669. The Hall–Kier alpha value is -6.38. The number of benzene rings is 8. The van der Waals surface area contributed by atoms with Crippen molar-refractivity contribution in [3.63, 3.8) is 0 Å². The zero-order valence-electron chi connectivity index (χ0n) is 30.9. The lowest BCUT2D eigenvalue weighted by Crippen LogP contribution is -2.10. The Morgan fingerprint density at radius 1 is 0.396 bits per heavy atom. The van der Waals surface area contributed by atoms with E-state index in [1.54, 1.807) is 0 Å². The summed E-state index contributed by atoms with van der Waals surface area (Å²) < 4.78 is 47.6. The van der Waals surface area contributed by atoms with Crippen LogP contribution in [0.5, 0.6) is 0 Å². The largest absolute Gasteiger partial charge is 0.456 e. The zero-order chi connectivity index (χ0) is 36.2. The van der Waals surface area contributed by atoms with Gasteiger partial charge < -0.3 is 9.32 Å². The van der Waals surface area contributed by atoms with Gasteiger partial charge in [-0.3, -0.25) is 0 Å². The molecule has 9 aromatic rings. The van der Waals surface area contributed by atoms with E-state index < -0.39 is 6.04 Å². The minimum atomic E-state index is -0.404. The van der Waals surface area contributed by atoms with Crippen LogP contribution < -0.4 is 4.90 Å². The van der Waals surface area contributed by atoms with Crippen molar-refractivity contribution in [3.05, 3.63) is 188 Å². The number of hydrogen-bond acceptors (Lipinski definition) is 2. The Kier molecular flexibility index (Phi) is 5.64. The summed E-state index contributed by atoms with van der Waals surface area (Å²) in [5, 5.41) is 4.32. The van der Waals surface area contributed by atoms with E-state index in [4.69, 9.17) is 11.3 Å². The first-order chi connectivity index (χ1) is 25.9. The molecule has 0 bridgehead atoms. The van der Waals surface area contributed by atoms with Crippen LogP contribution in [0, 0.1) is 0 Å². The quantitative estimate of drug-likeness (QED) is 0.184. The van der Waals surface area contributed by atoms with Crippen LogP contribution in [-0.2, 0) is 0 Å². The van der Waals surface area contributed by atoms with E-state index in [0.717, 1.165) is 72.0 Å². The van der Waals surface area contributed by atoms with Crippen LogP contribution in [0.1, 0.15) is 6.85 Å². The predicted octanol–water partition coefficient (Wildman–Crippen LogP) is 13.2. The third-order valence-electron chi connectivity index (χ3n) is 8.97. The lowest BCUT2D eigenvalue weighted by atomic mass is 9.95. The second-order valence-corrected chi connectivity index (χ2v) is 11.8. The van der Waals surface area contributed by atoms with Crippen molar-refractivity contribution in [3.8, 4) is 33.4 Å². The van der Waals surface area contributed by atoms with Gasteiger partial charge in [-0.15, -0.1) is 0 Å².